The van der Waals surface area contributed by atoms with Crippen LogP contribution in [0.5, 0.6) is 5.75 Å². The molecule has 3 atom stereocenters. The molecule has 14 heteroatoms. The summed E-state index contributed by atoms with van der Waals surface area (Å²) in [6.45, 7) is 7.01. The summed E-state index contributed by atoms with van der Waals surface area (Å²) in [6.07, 6.45) is 10.4. The largest absolute Gasteiger partial charge is 0.507 e. The van der Waals surface area contributed by atoms with E-state index >= 15 is 0 Å². The molecule has 0 radical (unpaired) electrons. The Morgan fingerprint density at radius 1 is 0.857 bits per heavy atom. The number of rotatable bonds is 10. The van der Waals surface area contributed by atoms with Gasteiger partial charge < -0.3 is 40.4 Å². The highest BCUT2D eigenvalue weighted by Gasteiger charge is 2.39. The third-order valence-electron chi connectivity index (χ3n) is 12.5. The van der Waals surface area contributed by atoms with Crippen molar-refractivity contribution in [3.05, 3.63) is 83.2 Å². The Kier molecular flexibility index (Phi) is 10.2. The highest BCUT2D eigenvalue weighted by Crippen LogP contribution is 2.36. The summed E-state index contributed by atoms with van der Waals surface area (Å²) in [5.41, 5.74) is 6.51. The van der Waals surface area contributed by atoms with Gasteiger partial charge >= 0.3 is 0 Å². The van der Waals surface area contributed by atoms with E-state index in [-0.39, 0.29) is 29.6 Å². The monoisotopic (exact) mass is 758 g/mol. The molecule has 4 aromatic rings. The van der Waals surface area contributed by atoms with Gasteiger partial charge in [-0.2, -0.15) is 0 Å². The minimum Gasteiger partial charge on any atom is -0.507 e. The molecule has 0 spiro atoms. The number of aliphatic hydroxyl groups excluding tert-OH is 1. The van der Waals surface area contributed by atoms with E-state index in [1.54, 1.807) is 17.0 Å². The Morgan fingerprint density at radius 3 is 2.52 bits per heavy atom. The summed E-state index contributed by atoms with van der Waals surface area (Å²) in [4.78, 5) is 43.3. The van der Waals surface area contributed by atoms with Crippen LogP contribution in [0.2, 0.25) is 0 Å². The second-order valence-corrected chi connectivity index (χ2v) is 16.0. The zero-order chi connectivity index (χ0) is 38.2. The Labute approximate surface area is 326 Å². The van der Waals surface area contributed by atoms with E-state index in [1.807, 2.05) is 36.7 Å². The molecule has 2 unspecified atom stereocenters. The van der Waals surface area contributed by atoms with Gasteiger partial charge in [0.2, 0.25) is 11.9 Å². The number of likely N-dealkylation sites (tertiary alicyclic amines) is 1. The number of nitrogens with zero attached hydrogens (tertiary/aromatic N) is 8. The maximum absolute atomic E-state index is 13.1. The van der Waals surface area contributed by atoms with Gasteiger partial charge in [0.1, 0.15) is 12.0 Å². The fourth-order valence-corrected chi connectivity index (χ4v) is 9.22. The first kappa shape index (κ1) is 36.3. The molecule has 0 bridgehead atoms. The molecule has 2 aromatic carbocycles. The number of phenols is 1. The van der Waals surface area contributed by atoms with Gasteiger partial charge in [0.15, 0.2) is 5.82 Å². The molecule has 2 amide bonds. The van der Waals surface area contributed by atoms with Crippen molar-refractivity contribution in [2.45, 2.75) is 76.2 Å². The van der Waals surface area contributed by atoms with Gasteiger partial charge in [0, 0.05) is 62.7 Å². The zero-order valence-electron chi connectivity index (χ0n) is 31.7. The fraction of sp³-hybridized carbons (Fsp3) is 0.476. The van der Waals surface area contributed by atoms with Crippen molar-refractivity contribution in [3.63, 3.8) is 0 Å². The molecule has 292 valence electrons. The van der Waals surface area contributed by atoms with Crippen LogP contribution in [0.3, 0.4) is 0 Å². The molecule has 7 heterocycles. The minimum atomic E-state index is -1.02. The molecule has 2 aromatic heterocycles. The number of carbonyl (C=O) groups is 2. The number of anilines is 3. The SMILES string of the molecule is O=C1CCC(N2Cc3cc(CCCN4CCC(CCc5cnc(N6CCN7c8cc(-c9ccccc9O)nnc8NC[C@@H]7C6)nc5)CC4)ccc3C2=O)C(O)N1. The summed E-state index contributed by atoms with van der Waals surface area (Å²) >= 11 is 0. The van der Waals surface area contributed by atoms with Gasteiger partial charge in [-0.25, -0.2) is 9.97 Å². The number of hydrogen-bond acceptors (Lipinski definition) is 12. The Balaban J connectivity index is 0.702. The molecular formula is C42H50N10O4. The lowest BCUT2D eigenvalue weighted by atomic mass is 9.91. The van der Waals surface area contributed by atoms with Gasteiger partial charge in [-0.3, -0.25) is 9.59 Å². The Hall–Kier alpha value is -5.34. The van der Waals surface area contributed by atoms with E-state index in [1.165, 1.54) is 24.0 Å². The van der Waals surface area contributed by atoms with Gasteiger partial charge in [-0.1, -0.05) is 24.3 Å². The second-order valence-electron chi connectivity index (χ2n) is 16.0. The average molecular weight is 759 g/mol. The Morgan fingerprint density at radius 2 is 1.70 bits per heavy atom. The predicted molar refractivity (Wildman–Crippen MR) is 212 cm³/mol. The summed E-state index contributed by atoms with van der Waals surface area (Å²) in [6, 6.07) is 15.3. The second kappa shape index (κ2) is 15.7. The van der Waals surface area contributed by atoms with Crippen molar-refractivity contribution in [1.29, 1.82) is 0 Å². The van der Waals surface area contributed by atoms with Crippen molar-refractivity contribution in [3.8, 4) is 17.0 Å². The van der Waals surface area contributed by atoms with Crippen LogP contribution in [-0.2, 0) is 24.2 Å². The molecule has 14 nitrogen and oxygen atoms in total. The molecule has 0 saturated carbocycles. The average Bonchev–Trinajstić information content (AvgIpc) is 3.55. The van der Waals surface area contributed by atoms with E-state index in [9.17, 15) is 19.8 Å². The number of hydrogen-bond donors (Lipinski definition) is 4. The maximum Gasteiger partial charge on any atom is 0.254 e. The molecule has 4 N–H and O–H groups in total. The number of amides is 2. The van der Waals surface area contributed by atoms with Crippen molar-refractivity contribution in [2.24, 2.45) is 5.92 Å². The van der Waals surface area contributed by atoms with Crippen LogP contribution < -0.4 is 20.4 Å². The lowest BCUT2D eigenvalue weighted by Gasteiger charge is -2.45. The quantitative estimate of drug-likeness (QED) is 0.186. The first-order valence-electron chi connectivity index (χ1n) is 20.2. The van der Waals surface area contributed by atoms with E-state index in [0.717, 1.165) is 94.5 Å². The third-order valence-corrected chi connectivity index (χ3v) is 12.5. The summed E-state index contributed by atoms with van der Waals surface area (Å²) in [7, 11) is 0. The van der Waals surface area contributed by atoms with Crippen molar-refractivity contribution < 1.29 is 19.8 Å². The third kappa shape index (κ3) is 7.47. The highest BCUT2D eigenvalue weighted by molar-refractivity contribution is 5.98. The number of piperazine rings is 1. The highest BCUT2D eigenvalue weighted by atomic mass is 16.3. The van der Waals surface area contributed by atoms with Gasteiger partial charge in [-0.15, -0.1) is 10.2 Å². The van der Waals surface area contributed by atoms with Crippen molar-refractivity contribution >= 4 is 29.3 Å². The molecule has 3 fully saturated rings. The van der Waals surface area contributed by atoms with E-state index in [4.69, 9.17) is 9.97 Å². The number of para-hydroxylation sites is 1. The number of aromatic hydroxyl groups is 1. The van der Waals surface area contributed by atoms with Gasteiger partial charge in [-0.05, 0) is 111 Å². The molecule has 5 aliphatic rings. The zero-order valence-corrected chi connectivity index (χ0v) is 31.7. The first-order valence-corrected chi connectivity index (χ1v) is 20.2. The lowest BCUT2D eigenvalue weighted by molar-refractivity contribution is -0.129. The Bertz CT molecular complexity index is 2070. The fourth-order valence-electron chi connectivity index (χ4n) is 9.22. The summed E-state index contributed by atoms with van der Waals surface area (Å²) in [5, 5.41) is 35.6. The van der Waals surface area contributed by atoms with Crippen molar-refractivity contribution in [2.75, 3.05) is 60.9 Å². The number of carbonyl (C=O) groups excluding carboxylic acids is 2. The van der Waals surface area contributed by atoms with Gasteiger partial charge in [0.05, 0.1) is 23.5 Å². The van der Waals surface area contributed by atoms with E-state index in [0.29, 0.717) is 42.1 Å². The topological polar surface area (TPSA) is 163 Å². The number of aromatic nitrogens is 4. The number of aliphatic hydroxyl groups is 1. The molecule has 0 aliphatic carbocycles. The number of phenolic OH excluding ortho intramolecular Hbond substituents is 1. The van der Waals surface area contributed by atoms with E-state index < -0.39 is 6.23 Å². The summed E-state index contributed by atoms with van der Waals surface area (Å²) in [5.74, 6) is 2.23. The van der Waals surface area contributed by atoms with Crippen LogP contribution in [0, 0.1) is 5.92 Å². The molecular weight excluding hydrogens is 709 g/mol. The lowest BCUT2D eigenvalue weighted by Crippen LogP contribution is -2.58. The number of nitrogens with one attached hydrogen (secondary N) is 2. The van der Waals surface area contributed by atoms with Gasteiger partial charge in [0.25, 0.3) is 5.91 Å². The van der Waals surface area contributed by atoms with Crippen LogP contribution in [0.4, 0.5) is 17.5 Å². The number of benzene rings is 2. The number of fused-ring (bicyclic) bond motifs is 4. The smallest absolute Gasteiger partial charge is 0.254 e. The molecule has 3 saturated heterocycles. The summed E-state index contributed by atoms with van der Waals surface area (Å²) < 4.78 is 0. The van der Waals surface area contributed by atoms with Crippen LogP contribution in [0.1, 0.15) is 65.6 Å². The first-order chi connectivity index (χ1) is 27.4. The van der Waals surface area contributed by atoms with Crippen LogP contribution in [0.15, 0.2) is 60.9 Å². The standard InChI is InChI=1S/C42H50N10O4/c53-37-6-2-1-5-33(37)34-21-36-39(48-47-34)43-24-31-26-50(18-19-51(31)36)42-44-22-29(23-45-42)8-7-27-13-16-49(17-14-27)15-3-4-28-9-10-32-30(20-28)25-52(41(32)56)35-11-12-38(54)46-40(35)55/h1-2,5-6,9-10,20-23,27,31,35,40,53,55H,3-4,7-8,11-19,24-26H2,(H,43,48)(H,46,54)/t31-,35?,40?/m1/s1. The molecule has 5 aliphatic heterocycles. The van der Waals surface area contributed by atoms with Crippen LogP contribution in [-0.4, -0.2) is 116 Å². The number of piperidine rings is 2. The predicted octanol–water partition coefficient (Wildman–Crippen LogP) is 3.59. The van der Waals surface area contributed by atoms with E-state index in [2.05, 4.69) is 47.7 Å². The minimum absolute atomic E-state index is 0.0586. The van der Waals surface area contributed by atoms with Crippen LogP contribution >= 0.6 is 0 Å². The van der Waals surface area contributed by atoms with Crippen molar-refractivity contribution in [1.82, 2.24) is 35.3 Å². The molecule has 56 heavy (non-hydrogen) atoms. The number of aryl methyl sites for hydroxylation is 2. The van der Waals surface area contributed by atoms with Crippen LogP contribution in [0.25, 0.3) is 11.3 Å². The maximum atomic E-state index is 13.1. The normalized spacial score (nSPS) is 22.7. The molecule has 9 rings (SSSR count).